The summed E-state index contributed by atoms with van der Waals surface area (Å²) < 4.78 is 13.6. The van der Waals surface area contributed by atoms with Gasteiger partial charge in [0.1, 0.15) is 5.82 Å². The number of amides is 2. The second-order valence-corrected chi connectivity index (χ2v) is 7.49. The average molecular weight is 394 g/mol. The van der Waals surface area contributed by atoms with E-state index in [4.69, 9.17) is 0 Å². The molecule has 1 aromatic carbocycles. The average Bonchev–Trinajstić information content (AvgIpc) is 3.36. The Bertz CT molecular complexity index is 1050. The Balaban J connectivity index is 1.60. The van der Waals surface area contributed by atoms with Gasteiger partial charge in [-0.15, -0.1) is 0 Å². The third-order valence-electron chi connectivity index (χ3n) is 5.49. The molecule has 0 saturated carbocycles. The predicted molar refractivity (Wildman–Crippen MR) is 112 cm³/mol. The molecule has 3 heterocycles. The number of nitrogens with zero attached hydrogens (tertiary/aromatic N) is 2. The van der Waals surface area contributed by atoms with Gasteiger partial charge in [0.2, 0.25) is 0 Å². The van der Waals surface area contributed by atoms with Crippen LogP contribution < -0.4 is 5.32 Å². The standard InChI is InChI=1S/C22H23FN4O2/c1-13-19(12-17-16-11-15(23)5-6-18(16)26-21(17)28)25-14(2)20(13)22(29)24-7-10-27-8-3-4-9-27/h5-7,11-12,25H,3-4,8-10H2,1-2H3,(H,26,28)/b17-12-,24-7?. The van der Waals surface area contributed by atoms with Crippen molar-refractivity contribution in [3.05, 3.63) is 52.1 Å². The number of hydrogen-bond donors (Lipinski definition) is 2. The van der Waals surface area contributed by atoms with E-state index < -0.39 is 5.82 Å². The number of carbonyl (C=O) groups is 2. The van der Waals surface area contributed by atoms with Gasteiger partial charge in [0.15, 0.2) is 0 Å². The first-order valence-corrected chi connectivity index (χ1v) is 9.75. The van der Waals surface area contributed by atoms with Gasteiger partial charge < -0.3 is 10.3 Å². The van der Waals surface area contributed by atoms with E-state index in [9.17, 15) is 14.0 Å². The van der Waals surface area contributed by atoms with E-state index >= 15 is 0 Å². The number of hydrogen-bond acceptors (Lipinski definition) is 3. The van der Waals surface area contributed by atoms with Gasteiger partial charge in [-0.2, -0.15) is 0 Å². The lowest BCUT2D eigenvalue weighted by Gasteiger charge is -2.09. The number of fused-ring (bicyclic) bond motifs is 1. The zero-order valence-corrected chi connectivity index (χ0v) is 16.5. The molecule has 0 radical (unpaired) electrons. The monoisotopic (exact) mass is 394 g/mol. The van der Waals surface area contributed by atoms with Gasteiger partial charge in [0.25, 0.3) is 11.8 Å². The van der Waals surface area contributed by atoms with Crippen LogP contribution in [0.25, 0.3) is 11.6 Å². The molecule has 0 spiro atoms. The third-order valence-corrected chi connectivity index (χ3v) is 5.49. The number of anilines is 1. The molecular weight excluding hydrogens is 371 g/mol. The summed E-state index contributed by atoms with van der Waals surface area (Å²) in [5, 5.41) is 2.73. The van der Waals surface area contributed by atoms with Crippen LogP contribution >= 0.6 is 0 Å². The normalized spacial score (nSPS) is 18.0. The first kappa shape index (κ1) is 19.3. The number of halogens is 1. The molecule has 1 fully saturated rings. The van der Waals surface area contributed by atoms with Crippen molar-refractivity contribution >= 4 is 35.4 Å². The van der Waals surface area contributed by atoms with Crippen molar-refractivity contribution in [3.63, 3.8) is 0 Å². The van der Waals surface area contributed by atoms with Crippen LogP contribution in [0.2, 0.25) is 0 Å². The Morgan fingerprint density at radius 2 is 2.03 bits per heavy atom. The van der Waals surface area contributed by atoms with Gasteiger partial charge in [0.05, 0.1) is 11.1 Å². The summed E-state index contributed by atoms with van der Waals surface area (Å²) in [7, 11) is 0. The molecule has 1 saturated heterocycles. The molecule has 29 heavy (non-hydrogen) atoms. The van der Waals surface area contributed by atoms with Gasteiger partial charge in [-0.25, -0.2) is 9.38 Å². The maximum atomic E-state index is 13.6. The summed E-state index contributed by atoms with van der Waals surface area (Å²) in [5.74, 6) is -1.01. The fourth-order valence-corrected chi connectivity index (χ4v) is 3.96. The summed E-state index contributed by atoms with van der Waals surface area (Å²) in [6.45, 7) is 6.39. The number of rotatable bonds is 4. The molecule has 0 unspecified atom stereocenters. The minimum absolute atomic E-state index is 0.297. The van der Waals surface area contributed by atoms with Crippen molar-refractivity contribution in [2.24, 2.45) is 4.99 Å². The molecule has 2 aliphatic heterocycles. The number of benzene rings is 1. The van der Waals surface area contributed by atoms with Crippen LogP contribution in [0.15, 0.2) is 23.2 Å². The fraction of sp³-hybridized carbons (Fsp3) is 0.318. The number of likely N-dealkylation sites (tertiary alicyclic amines) is 1. The molecule has 1 aromatic heterocycles. The van der Waals surface area contributed by atoms with E-state index in [1.54, 1.807) is 25.3 Å². The third kappa shape index (κ3) is 3.78. The SMILES string of the molecule is Cc1[nH]c(/C=C2\C(=O)Nc3ccc(F)cc32)c(C)c1C(=O)N=CCN1CCCC1. The molecule has 2 aromatic rings. The second kappa shape index (κ2) is 7.75. The molecule has 0 aliphatic carbocycles. The van der Waals surface area contributed by atoms with E-state index in [1.807, 2.05) is 6.92 Å². The van der Waals surface area contributed by atoms with Crippen molar-refractivity contribution in [1.29, 1.82) is 0 Å². The zero-order chi connectivity index (χ0) is 20.5. The molecule has 2 aliphatic rings. The zero-order valence-electron chi connectivity index (χ0n) is 16.5. The van der Waals surface area contributed by atoms with Crippen molar-refractivity contribution in [3.8, 4) is 0 Å². The van der Waals surface area contributed by atoms with Crippen LogP contribution in [0.3, 0.4) is 0 Å². The van der Waals surface area contributed by atoms with E-state index in [1.165, 1.54) is 25.0 Å². The Hall–Kier alpha value is -3.06. The van der Waals surface area contributed by atoms with Crippen LogP contribution in [0.4, 0.5) is 10.1 Å². The number of aryl methyl sites for hydroxylation is 1. The molecule has 2 amide bonds. The lowest BCUT2D eigenvalue weighted by atomic mass is 10.0. The van der Waals surface area contributed by atoms with Crippen LogP contribution in [0, 0.1) is 19.7 Å². The lowest BCUT2D eigenvalue weighted by Crippen LogP contribution is -2.21. The highest BCUT2D eigenvalue weighted by molar-refractivity contribution is 6.34. The van der Waals surface area contributed by atoms with E-state index in [0.717, 1.165) is 18.7 Å². The Morgan fingerprint density at radius 1 is 1.28 bits per heavy atom. The topological polar surface area (TPSA) is 77.6 Å². The predicted octanol–water partition coefficient (Wildman–Crippen LogP) is 3.57. The largest absolute Gasteiger partial charge is 0.358 e. The molecule has 6 nitrogen and oxygen atoms in total. The summed E-state index contributed by atoms with van der Waals surface area (Å²) in [5.41, 5.74) is 4.01. The fourth-order valence-electron chi connectivity index (χ4n) is 3.96. The Kier molecular flexibility index (Phi) is 5.15. The first-order valence-electron chi connectivity index (χ1n) is 9.75. The van der Waals surface area contributed by atoms with E-state index in [2.05, 4.69) is 20.2 Å². The highest BCUT2D eigenvalue weighted by atomic mass is 19.1. The smallest absolute Gasteiger partial charge is 0.278 e. The summed E-state index contributed by atoms with van der Waals surface area (Å²) in [6, 6.07) is 4.18. The lowest BCUT2D eigenvalue weighted by molar-refractivity contribution is -0.110. The van der Waals surface area contributed by atoms with Gasteiger partial charge in [-0.1, -0.05) is 0 Å². The minimum Gasteiger partial charge on any atom is -0.358 e. The number of aromatic nitrogens is 1. The maximum absolute atomic E-state index is 13.6. The Morgan fingerprint density at radius 3 is 2.79 bits per heavy atom. The highest BCUT2D eigenvalue weighted by Crippen LogP contribution is 2.34. The first-order chi connectivity index (χ1) is 13.9. The summed E-state index contributed by atoms with van der Waals surface area (Å²) >= 11 is 0. The van der Waals surface area contributed by atoms with Crippen LogP contribution in [0.5, 0.6) is 0 Å². The molecular formula is C22H23FN4O2. The maximum Gasteiger partial charge on any atom is 0.278 e. The van der Waals surface area contributed by atoms with Gasteiger partial charge in [0, 0.05) is 35.4 Å². The molecule has 150 valence electrons. The quantitative estimate of drug-likeness (QED) is 0.615. The summed E-state index contributed by atoms with van der Waals surface area (Å²) in [6.07, 6.45) is 5.71. The van der Waals surface area contributed by atoms with Gasteiger partial charge >= 0.3 is 0 Å². The van der Waals surface area contributed by atoms with Crippen LogP contribution in [0.1, 0.15) is 45.7 Å². The Labute approximate surface area is 168 Å². The number of H-pyrrole nitrogens is 1. The van der Waals surface area contributed by atoms with Crippen molar-refractivity contribution in [2.45, 2.75) is 26.7 Å². The summed E-state index contributed by atoms with van der Waals surface area (Å²) in [4.78, 5) is 34.5. The van der Waals surface area contributed by atoms with Crippen molar-refractivity contribution in [2.75, 3.05) is 25.0 Å². The van der Waals surface area contributed by atoms with Crippen LogP contribution in [-0.2, 0) is 4.79 Å². The van der Waals surface area contributed by atoms with Crippen molar-refractivity contribution < 1.29 is 14.0 Å². The molecule has 4 rings (SSSR count). The number of carbonyl (C=O) groups excluding carboxylic acids is 2. The molecule has 0 atom stereocenters. The van der Waals surface area contributed by atoms with E-state index in [0.29, 0.717) is 40.3 Å². The van der Waals surface area contributed by atoms with Gasteiger partial charge in [-0.05, 0) is 69.6 Å². The molecule has 2 N–H and O–H groups in total. The minimum atomic E-state index is -0.409. The van der Waals surface area contributed by atoms with Crippen LogP contribution in [-0.4, -0.2) is 47.5 Å². The number of aliphatic imine (C=N–C) groups is 1. The molecule has 0 bridgehead atoms. The van der Waals surface area contributed by atoms with E-state index in [-0.39, 0.29) is 11.8 Å². The van der Waals surface area contributed by atoms with Crippen molar-refractivity contribution in [1.82, 2.24) is 9.88 Å². The second-order valence-electron chi connectivity index (χ2n) is 7.49. The molecule has 7 heteroatoms. The van der Waals surface area contributed by atoms with Gasteiger partial charge in [-0.3, -0.25) is 14.5 Å². The number of aromatic amines is 1. The number of nitrogens with one attached hydrogen (secondary N) is 2. The highest BCUT2D eigenvalue weighted by Gasteiger charge is 2.26.